The van der Waals surface area contributed by atoms with Crippen LogP contribution in [0.25, 0.3) is 0 Å². The van der Waals surface area contributed by atoms with E-state index in [1.165, 1.54) is 5.56 Å². The number of ether oxygens (including phenoxy) is 1. The number of hydrogen-bond donors (Lipinski definition) is 2. The number of hydrogen-bond acceptors (Lipinski definition) is 7. The van der Waals surface area contributed by atoms with Crippen molar-refractivity contribution in [3.8, 4) is 0 Å². The molecular formula is C17H24N6O. The van der Waals surface area contributed by atoms with Gasteiger partial charge in [-0.2, -0.15) is 15.0 Å². The van der Waals surface area contributed by atoms with Crippen LogP contribution < -0.4 is 11.1 Å². The number of benzene rings is 1. The molecule has 1 aromatic carbocycles. The molecule has 7 heteroatoms. The molecule has 1 aromatic heterocycles. The molecule has 2 aromatic rings. The summed E-state index contributed by atoms with van der Waals surface area (Å²) in [5, 5.41) is 3.27. The second kappa shape index (κ2) is 7.55. The summed E-state index contributed by atoms with van der Waals surface area (Å²) in [6.45, 7) is 7.31. The smallest absolute Gasteiger partial charge is 0.232 e. The van der Waals surface area contributed by atoms with Gasteiger partial charge in [-0.25, -0.2) is 0 Å². The normalized spacial score (nSPS) is 18.5. The SMILES string of the molecule is CCc1ccccc1Nc1nc(N)nc(CN2CCO[C@@H](C)C2)n1. The molecule has 2 heterocycles. The molecule has 0 bridgehead atoms. The zero-order chi connectivity index (χ0) is 16.9. The molecule has 3 rings (SSSR count). The standard InChI is InChI=1S/C17H24N6O/c1-3-13-6-4-5-7-14(13)19-17-21-15(20-16(18)22-17)11-23-8-9-24-12(2)10-23/h4-7,12H,3,8-11H2,1-2H3,(H3,18,19,20,21,22)/t12-/m0/s1. The molecule has 1 aliphatic rings. The molecular weight excluding hydrogens is 304 g/mol. The first kappa shape index (κ1) is 16.6. The van der Waals surface area contributed by atoms with E-state index in [1.807, 2.05) is 18.2 Å². The maximum Gasteiger partial charge on any atom is 0.232 e. The third-order valence-electron chi connectivity index (χ3n) is 4.03. The van der Waals surface area contributed by atoms with Crippen LogP contribution >= 0.6 is 0 Å². The van der Waals surface area contributed by atoms with Crippen molar-refractivity contribution < 1.29 is 4.74 Å². The summed E-state index contributed by atoms with van der Waals surface area (Å²) >= 11 is 0. The van der Waals surface area contributed by atoms with E-state index < -0.39 is 0 Å². The molecule has 1 fully saturated rings. The Morgan fingerprint density at radius 3 is 2.92 bits per heavy atom. The highest BCUT2D eigenvalue weighted by Crippen LogP contribution is 2.19. The minimum absolute atomic E-state index is 0.229. The van der Waals surface area contributed by atoms with Crippen molar-refractivity contribution in [1.82, 2.24) is 19.9 Å². The van der Waals surface area contributed by atoms with Gasteiger partial charge in [0.15, 0.2) is 0 Å². The lowest BCUT2D eigenvalue weighted by atomic mass is 10.1. The molecule has 1 atom stereocenters. The monoisotopic (exact) mass is 328 g/mol. The third-order valence-corrected chi connectivity index (χ3v) is 4.03. The maximum atomic E-state index is 5.87. The number of nitrogens with two attached hydrogens (primary N) is 1. The first-order valence-electron chi connectivity index (χ1n) is 8.33. The number of aryl methyl sites for hydroxylation is 1. The van der Waals surface area contributed by atoms with Gasteiger partial charge >= 0.3 is 0 Å². The molecule has 24 heavy (non-hydrogen) atoms. The summed E-state index contributed by atoms with van der Waals surface area (Å²) in [4.78, 5) is 15.3. The van der Waals surface area contributed by atoms with Crippen molar-refractivity contribution in [1.29, 1.82) is 0 Å². The van der Waals surface area contributed by atoms with Crippen molar-refractivity contribution in [3.05, 3.63) is 35.7 Å². The minimum atomic E-state index is 0.229. The number of anilines is 3. The predicted molar refractivity (Wildman–Crippen MR) is 94.0 cm³/mol. The topological polar surface area (TPSA) is 89.2 Å². The molecule has 7 nitrogen and oxygen atoms in total. The minimum Gasteiger partial charge on any atom is -0.376 e. The lowest BCUT2D eigenvalue weighted by Gasteiger charge is -2.30. The van der Waals surface area contributed by atoms with Crippen LogP contribution in [0.5, 0.6) is 0 Å². The van der Waals surface area contributed by atoms with Crippen LogP contribution in [0, 0.1) is 0 Å². The second-order valence-electron chi connectivity index (χ2n) is 5.99. The lowest BCUT2D eigenvalue weighted by Crippen LogP contribution is -2.40. The lowest BCUT2D eigenvalue weighted by molar-refractivity contribution is -0.0219. The molecule has 0 aliphatic carbocycles. The summed E-state index contributed by atoms with van der Waals surface area (Å²) < 4.78 is 5.57. The number of nitrogens with zero attached hydrogens (tertiary/aromatic N) is 4. The Hall–Kier alpha value is -2.25. The average Bonchev–Trinajstić information content (AvgIpc) is 2.55. The molecule has 0 unspecified atom stereocenters. The van der Waals surface area contributed by atoms with Gasteiger partial charge in [0.1, 0.15) is 5.82 Å². The number of nitrogens with one attached hydrogen (secondary N) is 1. The number of nitrogen functional groups attached to an aromatic ring is 1. The summed E-state index contributed by atoms with van der Waals surface area (Å²) in [5.74, 6) is 1.39. The van der Waals surface area contributed by atoms with Crippen molar-refractivity contribution >= 4 is 17.6 Å². The fourth-order valence-corrected chi connectivity index (χ4v) is 2.87. The van der Waals surface area contributed by atoms with Crippen LogP contribution in [-0.4, -0.2) is 45.7 Å². The van der Waals surface area contributed by atoms with Crippen molar-refractivity contribution in [2.24, 2.45) is 0 Å². The van der Waals surface area contributed by atoms with Crippen LogP contribution in [-0.2, 0) is 17.7 Å². The van der Waals surface area contributed by atoms with E-state index in [-0.39, 0.29) is 12.1 Å². The number of aromatic nitrogens is 3. The van der Waals surface area contributed by atoms with Gasteiger partial charge in [0.05, 0.1) is 19.3 Å². The van der Waals surface area contributed by atoms with Gasteiger partial charge in [0.2, 0.25) is 11.9 Å². The largest absolute Gasteiger partial charge is 0.376 e. The van der Waals surface area contributed by atoms with E-state index in [1.54, 1.807) is 0 Å². The molecule has 0 spiro atoms. The predicted octanol–water partition coefficient (Wildman–Crippen LogP) is 1.98. The van der Waals surface area contributed by atoms with Gasteiger partial charge in [0.25, 0.3) is 0 Å². The highest BCUT2D eigenvalue weighted by Gasteiger charge is 2.18. The highest BCUT2D eigenvalue weighted by molar-refractivity contribution is 5.58. The molecule has 0 amide bonds. The number of morpholine rings is 1. The quantitative estimate of drug-likeness (QED) is 0.867. The average molecular weight is 328 g/mol. The Morgan fingerprint density at radius 2 is 2.12 bits per heavy atom. The van der Waals surface area contributed by atoms with E-state index >= 15 is 0 Å². The van der Waals surface area contributed by atoms with Crippen LogP contribution in [0.1, 0.15) is 25.2 Å². The van der Waals surface area contributed by atoms with E-state index in [4.69, 9.17) is 10.5 Å². The number of rotatable bonds is 5. The summed E-state index contributed by atoms with van der Waals surface area (Å²) in [5.41, 5.74) is 8.08. The van der Waals surface area contributed by atoms with Crippen molar-refractivity contribution in [2.75, 3.05) is 30.7 Å². The van der Waals surface area contributed by atoms with Gasteiger partial charge < -0.3 is 15.8 Å². The van der Waals surface area contributed by atoms with E-state index in [9.17, 15) is 0 Å². The van der Waals surface area contributed by atoms with Gasteiger partial charge in [-0.1, -0.05) is 25.1 Å². The Bertz CT molecular complexity index is 693. The van der Waals surface area contributed by atoms with Gasteiger partial charge in [-0.15, -0.1) is 0 Å². The van der Waals surface area contributed by atoms with Crippen LogP contribution in [0.3, 0.4) is 0 Å². The fourth-order valence-electron chi connectivity index (χ4n) is 2.87. The van der Waals surface area contributed by atoms with Crippen LogP contribution in [0.15, 0.2) is 24.3 Å². The zero-order valence-corrected chi connectivity index (χ0v) is 14.2. The van der Waals surface area contributed by atoms with Crippen LogP contribution in [0.4, 0.5) is 17.6 Å². The molecule has 0 saturated carbocycles. The van der Waals surface area contributed by atoms with Crippen molar-refractivity contribution in [2.45, 2.75) is 32.9 Å². The van der Waals surface area contributed by atoms with Crippen molar-refractivity contribution in [3.63, 3.8) is 0 Å². The Balaban J connectivity index is 1.76. The summed E-state index contributed by atoms with van der Waals surface area (Å²) in [6.07, 6.45) is 1.16. The molecule has 1 saturated heterocycles. The summed E-state index contributed by atoms with van der Waals surface area (Å²) in [7, 11) is 0. The molecule has 0 radical (unpaired) electrons. The fraction of sp³-hybridized carbons (Fsp3) is 0.471. The molecule has 3 N–H and O–H groups in total. The maximum absolute atomic E-state index is 5.87. The first-order chi connectivity index (χ1) is 11.6. The Labute approximate surface area is 142 Å². The summed E-state index contributed by atoms with van der Waals surface area (Å²) in [6, 6.07) is 8.12. The van der Waals surface area contributed by atoms with Crippen LogP contribution in [0.2, 0.25) is 0 Å². The molecule has 1 aliphatic heterocycles. The van der Waals surface area contributed by atoms with E-state index in [0.717, 1.165) is 31.8 Å². The van der Waals surface area contributed by atoms with Gasteiger partial charge in [0, 0.05) is 18.8 Å². The van der Waals surface area contributed by atoms with Gasteiger partial charge in [-0.05, 0) is 25.0 Å². The second-order valence-corrected chi connectivity index (χ2v) is 5.99. The van der Waals surface area contributed by atoms with E-state index in [0.29, 0.717) is 18.3 Å². The number of para-hydroxylation sites is 1. The zero-order valence-electron chi connectivity index (χ0n) is 14.2. The highest BCUT2D eigenvalue weighted by atomic mass is 16.5. The van der Waals surface area contributed by atoms with Gasteiger partial charge in [-0.3, -0.25) is 4.90 Å². The third kappa shape index (κ3) is 4.18. The first-order valence-corrected chi connectivity index (χ1v) is 8.33. The Kier molecular flexibility index (Phi) is 5.22. The molecule has 128 valence electrons. The van der Waals surface area contributed by atoms with E-state index in [2.05, 4.69) is 45.1 Å². The Morgan fingerprint density at radius 1 is 1.29 bits per heavy atom.